The van der Waals surface area contributed by atoms with Crippen molar-refractivity contribution in [3.8, 4) is 0 Å². The highest BCUT2D eigenvalue weighted by Crippen LogP contribution is 2.08. The second-order valence-electron chi connectivity index (χ2n) is 2.97. The molecule has 0 rings (SSSR count). The minimum atomic E-state index is -3.75. The highest BCUT2D eigenvalue weighted by molar-refractivity contribution is 6.77. The molecule has 2 N–H and O–H groups in total. The molecule has 0 aromatic carbocycles. The monoisotopic (exact) mass is 182 g/mol. The minimum absolute atomic E-state index is 1.23. The lowest BCUT2D eigenvalue weighted by atomic mass is 11.8. The highest BCUT2D eigenvalue weighted by Gasteiger charge is 2.39. The molecule has 0 saturated carbocycles. The first-order valence-corrected chi connectivity index (χ1v) is 8.09. The Morgan fingerprint density at radius 3 is 1.60 bits per heavy atom. The van der Waals surface area contributed by atoms with Gasteiger partial charge in [-0.2, -0.15) is 0 Å². The van der Waals surface area contributed by atoms with E-state index < -0.39 is 17.4 Å². The van der Waals surface area contributed by atoms with E-state index in [1.807, 2.05) is 19.6 Å². The van der Waals surface area contributed by atoms with Crippen LogP contribution in [0.25, 0.3) is 0 Å². The van der Waals surface area contributed by atoms with E-state index >= 15 is 0 Å². The summed E-state index contributed by atoms with van der Waals surface area (Å²) in [5.74, 6) is 0. The van der Waals surface area contributed by atoms with Gasteiger partial charge in [0.15, 0.2) is 8.32 Å². The minimum Gasteiger partial charge on any atom is -0.395 e. The smallest absolute Gasteiger partial charge is 0.395 e. The van der Waals surface area contributed by atoms with Gasteiger partial charge in [-0.1, -0.05) is 0 Å². The number of hydrogen-bond donors (Lipinski definition) is 2. The van der Waals surface area contributed by atoms with Gasteiger partial charge in [0.05, 0.1) is 0 Å². The predicted octanol–water partition coefficient (Wildman–Crippen LogP) is -0.0955. The third kappa shape index (κ3) is 5.09. The Kier molecular flexibility index (Phi) is 3.20. The van der Waals surface area contributed by atoms with E-state index in [4.69, 9.17) is 13.7 Å². The van der Waals surface area contributed by atoms with Gasteiger partial charge in [0, 0.05) is 7.11 Å². The fourth-order valence-corrected chi connectivity index (χ4v) is 3.96. The van der Waals surface area contributed by atoms with Crippen molar-refractivity contribution in [3.63, 3.8) is 0 Å². The van der Waals surface area contributed by atoms with Gasteiger partial charge in [-0.3, -0.25) is 0 Å². The third-order valence-corrected chi connectivity index (χ3v) is 4.75. The highest BCUT2D eigenvalue weighted by atomic mass is 28.5. The maximum atomic E-state index is 8.94. The van der Waals surface area contributed by atoms with Crippen LogP contribution in [0.3, 0.4) is 0 Å². The van der Waals surface area contributed by atoms with Crippen LogP contribution in [0.1, 0.15) is 0 Å². The Hall–Kier alpha value is 0.274. The zero-order valence-electron chi connectivity index (χ0n) is 6.71. The van der Waals surface area contributed by atoms with Crippen molar-refractivity contribution in [2.45, 2.75) is 19.6 Å². The van der Waals surface area contributed by atoms with Crippen molar-refractivity contribution >= 4 is 17.4 Å². The van der Waals surface area contributed by atoms with Gasteiger partial charge < -0.3 is 18.1 Å². The molecule has 10 heavy (non-hydrogen) atoms. The second-order valence-corrected chi connectivity index (χ2v) is 9.51. The quantitative estimate of drug-likeness (QED) is 0.599. The van der Waals surface area contributed by atoms with Crippen molar-refractivity contribution in [2.24, 2.45) is 0 Å². The fraction of sp³-hybridized carbons (Fsp3) is 1.00. The summed E-state index contributed by atoms with van der Waals surface area (Å²) in [6.07, 6.45) is 0. The maximum absolute atomic E-state index is 8.94. The third-order valence-electron chi connectivity index (χ3n) is 0.705. The molecule has 0 bridgehead atoms. The fourth-order valence-electron chi connectivity index (χ4n) is 0.441. The molecule has 6 heteroatoms. The number of rotatable bonds is 3. The van der Waals surface area contributed by atoms with Crippen molar-refractivity contribution in [1.29, 1.82) is 0 Å². The summed E-state index contributed by atoms with van der Waals surface area (Å²) in [7, 11) is -4.40. The van der Waals surface area contributed by atoms with Crippen LogP contribution in [-0.2, 0) is 8.54 Å². The molecular formula is C4H14O4Si2. The Morgan fingerprint density at radius 2 is 1.50 bits per heavy atom. The Labute approximate surface area is 63.0 Å². The molecule has 0 saturated heterocycles. The lowest BCUT2D eigenvalue weighted by Crippen LogP contribution is -2.49. The molecule has 0 aromatic heterocycles. The van der Waals surface area contributed by atoms with Crippen LogP contribution in [0.15, 0.2) is 0 Å². The Bertz CT molecular complexity index is 108. The summed E-state index contributed by atoms with van der Waals surface area (Å²) in [6, 6.07) is 0. The van der Waals surface area contributed by atoms with Gasteiger partial charge in [-0.25, -0.2) is 0 Å². The van der Waals surface area contributed by atoms with Crippen LogP contribution < -0.4 is 0 Å². The zero-order chi connectivity index (χ0) is 8.41. The molecule has 0 fully saturated rings. The van der Waals surface area contributed by atoms with Crippen LogP contribution in [0.4, 0.5) is 0 Å². The van der Waals surface area contributed by atoms with Crippen molar-refractivity contribution in [3.05, 3.63) is 0 Å². The molecule has 0 amide bonds. The van der Waals surface area contributed by atoms with E-state index in [0.717, 1.165) is 0 Å². The topological polar surface area (TPSA) is 58.9 Å². The molecule has 0 unspecified atom stereocenters. The summed E-state index contributed by atoms with van der Waals surface area (Å²) in [4.78, 5) is 17.9. The van der Waals surface area contributed by atoms with Gasteiger partial charge in [0.1, 0.15) is 0 Å². The summed E-state index contributed by atoms with van der Waals surface area (Å²) >= 11 is 0. The van der Waals surface area contributed by atoms with E-state index in [1.54, 1.807) is 0 Å². The van der Waals surface area contributed by atoms with Gasteiger partial charge in [0.2, 0.25) is 0 Å². The van der Waals surface area contributed by atoms with Gasteiger partial charge in [0.25, 0.3) is 0 Å². The average Bonchev–Trinajstić information content (AvgIpc) is 1.60. The van der Waals surface area contributed by atoms with Crippen LogP contribution >= 0.6 is 0 Å². The lowest BCUT2D eigenvalue weighted by Gasteiger charge is -2.23. The van der Waals surface area contributed by atoms with E-state index in [1.165, 1.54) is 7.11 Å². The molecule has 0 aliphatic carbocycles. The molecule has 0 heterocycles. The molecule has 0 aliphatic heterocycles. The van der Waals surface area contributed by atoms with Gasteiger partial charge in [-0.05, 0) is 19.6 Å². The number of hydrogen-bond acceptors (Lipinski definition) is 4. The molecule has 0 aliphatic rings. The normalized spacial score (nSPS) is 13.8. The summed E-state index contributed by atoms with van der Waals surface area (Å²) in [5, 5.41) is 0. The van der Waals surface area contributed by atoms with E-state index in [2.05, 4.69) is 4.43 Å². The van der Waals surface area contributed by atoms with Crippen LogP contribution in [0, 0.1) is 0 Å². The molecule has 0 spiro atoms. The van der Waals surface area contributed by atoms with Crippen LogP contribution in [0.5, 0.6) is 0 Å². The Balaban J connectivity index is 3.89. The van der Waals surface area contributed by atoms with E-state index in [0.29, 0.717) is 0 Å². The first-order chi connectivity index (χ1) is 4.27. The zero-order valence-corrected chi connectivity index (χ0v) is 8.71. The van der Waals surface area contributed by atoms with Crippen LogP contribution in [-0.4, -0.2) is 34.1 Å². The van der Waals surface area contributed by atoms with Crippen molar-refractivity contribution in [1.82, 2.24) is 0 Å². The van der Waals surface area contributed by atoms with Crippen molar-refractivity contribution in [2.75, 3.05) is 7.11 Å². The molecule has 0 aromatic rings. The summed E-state index contributed by atoms with van der Waals surface area (Å²) in [6.45, 7) is 5.58. The second kappa shape index (κ2) is 3.12. The van der Waals surface area contributed by atoms with Gasteiger partial charge in [-0.15, -0.1) is 0 Å². The molecular weight excluding hydrogens is 168 g/mol. The average molecular weight is 182 g/mol. The maximum Gasteiger partial charge on any atom is 0.663 e. The summed E-state index contributed by atoms with van der Waals surface area (Å²) in [5.41, 5.74) is 0. The standard InChI is InChI=1S/C4H14O4Si2/c1-7-10(5,6)8-9(2,3)4/h5-6H,1-4H3. The SMILES string of the molecule is CO[Si](O)(O)O[Si](C)(C)C. The molecule has 4 nitrogen and oxygen atoms in total. The van der Waals surface area contributed by atoms with Crippen LogP contribution in [0.2, 0.25) is 19.6 Å². The largest absolute Gasteiger partial charge is 0.663 e. The van der Waals surface area contributed by atoms with Crippen molar-refractivity contribution < 1.29 is 18.1 Å². The van der Waals surface area contributed by atoms with Gasteiger partial charge >= 0.3 is 9.05 Å². The molecule has 62 valence electrons. The Morgan fingerprint density at radius 1 is 1.10 bits per heavy atom. The first kappa shape index (κ1) is 10.3. The molecule has 0 radical (unpaired) electrons. The van der Waals surface area contributed by atoms with E-state index in [9.17, 15) is 0 Å². The summed E-state index contributed by atoms with van der Waals surface area (Å²) < 4.78 is 9.32. The first-order valence-electron chi connectivity index (χ1n) is 2.97. The molecule has 0 atom stereocenters. The van der Waals surface area contributed by atoms with E-state index in [-0.39, 0.29) is 0 Å². The lowest BCUT2D eigenvalue weighted by molar-refractivity contribution is 0.0955. The predicted molar refractivity (Wildman–Crippen MR) is 41.6 cm³/mol.